The number of hydrogen-bond donors (Lipinski definition) is 2. The van der Waals surface area contributed by atoms with Crippen LogP contribution in [0.5, 0.6) is 11.5 Å². The summed E-state index contributed by atoms with van der Waals surface area (Å²) in [7, 11) is 3.15. The topological polar surface area (TPSA) is 116 Å². The molecule has 0 aliphatic heterocycles. The maximum absolute atomic E-state index is 13.9. The molecule has 5 aromatic rings. The van der Waals surface area contributed by atoms with E-state index in [-0.39, 0.29) is 5.41 Å². The van der Waals surface area contributed by atoms with Crippen LogP contribution >= 0.6 is 11.8 Å². The summed E-state index contributed by atoms with van der Waals surface area (Å²) in [6.45, 7) is 6.01. The van der Waals surface area contributed by atoms with Gasteiger partial charge in [-0.05, 0) is 24.3 Å². The van der Waals surface area contributed by atoms with E-state index in [9.17, 15) is 9.18 Å². The summed E-state index contributed by atoms with van der Waals surface area (Å²) in [5.41, 5.74) is 2.10. The first-order chi connectivity index (χ1) is 19.6. The molecule has 0 spiro atoms. The minimum absolute atomic E-state index is 0.301. The second-order valence-electron chi connectivity index (χ2n) is 10.1. The van der Waals surface area contributed by atoms with E-state index in [4.69, 9.17) is 9.47 Å². The third-order valence-corrected chi connectivity index (χ3v) is 7.07. The molecule has 3 aromatic heterocycles. The molecule has 0 unspecified atom stereocenters. The maximum atomic E-state index is 13.9. The maximum Gasteiger partial charge on any atom is 0.324 e. The second kappa shape index (κ2) is 11.4. The Morgan fingerprint density at radius 1 is 0.976 bits per heavy atom. The smallest absolute Gasteiger partial charge is 0.324 e. The van der Waals surface area contributed by atoms with Crippen LogP contribution < -0.4 is 20.1 Å². The number of ether oxygens (including phenoxy) is 2. The van der Waals surface area contributed by atoms with Gasteiger partial charge in [-0.15, -0.1) is 0 Å². The Morgan fingerprint density at radius 2 is 1.76 bits per heavy atom. The van der Waals surface area contributed by atoms with E-state index in [0.29, 0.717) is 34.2 Å². The van der Waals surface area contributed by atoms with Crippen LogP contribution in [-0.4, -0.2) is 45.0 Å². The number of urea groups is 1. The van der Waals surface area contributed by atoms with E-state index in [2.05, 4.69) is 30.7 Å². The van der Waals surface area contributed by atoms with Gasteiger partial charge in [0.1, 0.15) is 23.0 Å². The Labute approximate surface area is 240 Å². The highest BCUT2D eigenvalue weighted by Crippen LogP contribution is 2.37. The van der Waals surface area contributed by atoms with Crippen molar-refractivity contribution in [3.63, 3.8) is 0 Å². The van der Waals surface area contributed by atoms with Crippen LogP contribution in [0.3, 0.4) is 0 Å². The molecular formula is C29H28FN7O3S. The quantitative estimate of drug-likeness (QED) is 0.213. The highest BCUT2D eigenvalue weighted by Gasteiger charge is 2.22. The molecule has 41 heavy (non-hydrogen) atoms. The number of nitrogens with one attached hydrogen (secondary N) is 2. The Morgan fingerprint density at radius 3 is 2.49 bits per heavy atom. The number of amides is 2. The zero-order valence-electron chi connectivity index (χ0n) is 23.1. The lowest BCUT2D eigenvalue weighted by Crippen LogP contribution is -2.21. The van der Waals surface area contributed by atoms with E-state index >= 15 is 0 Å². The van der Waals surface area contributed by atoms with Gasteiger partial charge in [0.25, 0.3) is 0 Å². The fourth-order valence-corrected chi connectivity index (χ4v) is 4.95. The number of nitrogens with zero attached hydrogens (tertiary/aromatic N) is 5. The largest absolute Gasteiger partial charge is 0.493 e. The van der Waals surface area contributed by atoms with Crippen molar-refractivity contribution in [2.45, 2.75) is 36.1 Å². The molecule has 2 amide bonds. The molecule has 0 bridgehead atoms. The fourth-order valence-electron chi connectivity index (χ4n) is 4.02. The zero-order chi connectivity index (χ0) is 29.1. The van der Waals surface area contributed by atoms with E-state index in [1.807, 2.05) is 45.0 Å². The third kappa shape index (κ3) is 6.22. The molecule has 3 heterocycles. The molecule has 12 heteroatoms. The highest BCUT2D eigenvalue weighted by atomic mass is 32.2. The molecule has 0 atom stereocenters. The Bertz CT molecular complexity index is 1740. The summed E-state index contributed by atoms with van der Waals surface area (Å²) in [4.78, 5) is 26.6. The van der Waals surface area contributed by atoms with Crippen molar-refractivity contribution in [2.75, 3.05) is 24.9 Å². The van der Waals surface area contributed by atoms with Crippen LogP contribution in [0.15, 0.2) is 77.2 Å². The summed E-state index contributed by atoms with van der Waals surface area (Å²) in [6, 6.07) is 13.6. The number of methoxy groups -OCH3 is 2. The average Bonchev–Trinajstić information content (AvgIpc) is 3.37. The number of carbonyl (C=O) groups excluding carboxylic acids is 1. The fraction of sp³-hybridized carbons (Fsp3) is 0.207. The van der Waals surface area contributed by atoms with Crippen molar-refractivity contribution in [3.05, 3.63) is 78.8 Å². The number of anilines is 2. The molecule has 2 N–H and O–H groups in total. The predicted octanol–water partition coefficient (Wildman–Crippen LogP) is 6.46. The molecule has 0 aliphatic rings. The van der Waals surface area contributed by atoms with Gasteiger partial charge in [-0.25, -0.2) is 23.8 Å². The van der Waals surface area contributed by atoms with E-state index in [0.717, 1.165) is 27.2 Å². The molecule has 210 valence electrons. The number of fused-ring (bicyclic) bond motifs is 1. The third-order valence-electron chi connectivity index (χ3n) is 6.06. The van der Waals surface area contributed by atoms with Gasteiger partial charge in [0, 0.05) is 39.6 Å². The van der Waals surface area contributed by atoms with Crippen molar-refractivity contribution in [2.24, 2.45) is 0 Å². The predicted molar refractivity (Wildman–Crippen MR) is 156 cm³/mol. The van der Waals surface area contributed by atoms with Crippen molar-refractivity contribution < 1.29 is 18.7 Å². The van der Waals surface area contributed by atoms with Gasteiger partial charge < -0.3 is 14.8 Å². The number of aromatic nitrogens is 5. The van der Waals surface area contributed by atoms with Crippen LogP contribution in [-0.2, 0) is 5.41 Å². The second-order valence-corrected chi connectivity index (χ2v) is 11.1. The number of carbonyl (C=O) groups is 1. The van der Waals surface area contributed by atoms with E-state index in [1.165, 1.54) is 35.0 Å². The van der Waals surface area contributed by atoms with Crippen LogP contribution in [0.4, 0.5) is 20.7 Å². The van der Waals surface area contributed by atoms with Crippen LogP contribution in [0.25, 0.3) is 16.6 Å². The van der Waals surface area contributed by atoms with Crippen LogP contribution in [0, 0.1) is 5.82 Å². The van der Waals surface area contributed by atoms with Gasteiger partial charge in [-0.1, -0.05) is 38.6 Å². The monoisotopic (exact) mass is 573 g/mol. The van der Waals surface area contributed by atoms with Crippen molar-refractivity contribution in [3.8, 4) is 17.2 Å². The van der Waals surface area contributed by atoms with Gasteiger partial charge >= 0.3 is 6.03 Å². The molecule has 0 fully saturated rings. The number of rotatable bonds is 7. The summed E-state index contributed by atoms with van der Waals surface area (Å²) < 4.78 is 26.2. The molecule has 2 aromatic carbocycles. The normalized spacial score (nSPS) is 11.4. The number of pyridine rings is 1. The Balaban J connectivity index is 1.37. The van der Waals surface area contributed by atoms with Crippen LogP contribution in [0.1, 0.15) is 26.5 Å². The van der Waals surface area contributed by atoms with Gasteiger partial charge in [0.2, 0.25) is 0 Å². The first-order valence-corrected chi connectivity index (χ1v) is 13.4. The Kier molecular flexibility index (Phi) is 7.75. The summed E-state index contributed by atoms with van der Waals surface area (Å²) in [5, 5.41) is 11.8. The molecule has 5 rings (SSSR count). The summed E-state index contributed by atoms with van der Waals surface area (Å²) in [6.07, 6.45) is 4.09. The van der Waals surface area contributed by atoms with Crippen molar-refractivity contribution in [1.29, 1.82) is 0 Å². The standard InChI is InChI=1S/C29H28FN7O3S/c1-29(2,3)25-13-26(37(36-25)19-9-17(30)14-31-15-19)35-28(38)34-18-7-6-8-20(10-18)41-27-21-11-23(39-4)24(40-5)12-22(21)32-16-33-27/h6-16H,1-5H3,(H2,34,35,38). The minimum atomic E-state index is -0.505. The van der Waals surface area contributed by atoms with Gasteiger partial charge in [-0.2, -0.15) is 5.10 Å². The number of benzene rings is 2. The first kappa shape index (κ1) is 27.8. The number of hydrogen-bond acceptors (Lipinski definition) is 8. The van der Waals surface area contributed by atoms with E-state index < -0.39 is 11.8 Å². The van der Waals surface area contributed by atoms with Gasteiger partial charge in [-0.3, -0.25) is 10.3 Å². The molecule has 0 radical (unpaired) electrons. The lowest BCUT2D eigenvalue weighted by atomic mass is 9.92. The summed E-state index contributed by atoms with van der Waals surface area (Å²) in [5.74, 6) is 1.03. The highest BCUT2D eigenvalue weighted by molar-refractivity contribution is 7.99. The average molecular weight is 574 g/mol. The lowest BCUT2D eigenvalue weighted by Gasteiger charge is -2.14. The Hall–Kier alpha value is -4.71. The molecule has 0 saturated carbocycles. The minimum Gasteiger partial charge on any atom is -0.493 e. The summed E-state index contributed by atoms with van der Waals surface area (Å²) >= 11 is 1.43. The first-order valence-electron chi connectivity index (χ1n) is 12.6. The SMILES string of the molecule is COc1cc2ncnc(Sc3cccc(NC(=O)Nc4cc(C(C)(C)C)nn4-c4cncc(F)c4)c3)c2cc1OC. The van der Waals surface area contributed by atoms with Gasteiger partial charge in [0.15, 0.2) is 11.5 Å². The lowest BCUT2D eigenvalue weighted by molar-refractivity contribution is 0.262. The molecule has 10 nitrogen and oxygen atoms in total. The number of halogens is 1. The molecular weight excluding hydrogens is 545 g/mol. The molecule has 0 aliphatic carbocycles. The van der Waals surface area contributed by atoms with Gasteiger partial charge in [0.05, 0.1) is 43.5 Å². The van der Waals surface area contributed by atoms with Crippen molar-refractivity contribution in [1.82, 2.24) is 24.7 Å². The molecule has 0 saturated heterocycles. The van der Waals surface area contributed by atoms with Crippen LogP contribution in [0.2, 0.25) is 0 Å². The van der Waals surface area contributed by atoms with E-state index in [1.54, 1.807) is 32.4 Å². The zero-order valence-corrected chi connectivity index (χ0v) is 23.9. The van der Waals surface area contributed by atoms with Crippen molar-refractivity contribution >= 4 is 40.2 Å².